The van der Waals surface area contributed by atoms with Crippen LogP contribution in [0.15, 0.2) is 45.3 Å². The van der Waals surface area contributed by atoms with Crippen molar-refractivity contribution in [1.29, 1.82) is 5.26 Å². The molecule has 3 nitrogen and oxygen atoms in total. The third-order valence-corrected chi connectivity index (χ3v) is 3.66. The Hall–Kier alpha value is -1.51. The first-order valence-corrected chi connectivity index (χ1v) is 7.05. The monoisotopic (exact) mass is 380 g/mol. The molecule has 0 fully saturated rings. The summed E-state index contributed by atoms with van der Waals surface area (Å²) in [5.41, 5.74) is 8.01. The highest BCUT2D eigenvalue weighted by Gasteiger charge is 2.08. The standard InChI is InChI=1S/C14H10Br2N2O/c15-12-5-11(18)6-13(16)14(12)19-8-10-3-1-9(7-17)2-4-10/h1-6H,8,18H2. The van der Waals surface area contributed by atoms with Gasteiger partial charge in [0.05, 0.1) is 20.6 Å². The minimum atomic E-state index is 0.423. The SMILES string of the molecule is N#Cc1ccc(COc2c(Br)cc(N)cc2Br)cc1. The van der Waals surface area contributed by atoms with Crippen LogP contribution < -0.4 is 10.5 Å². The van der Waals surface area contributed by atoms with E-state index in [9.17, 15) is 0 Å². The lowest BCUT2D eigenvalue weighted by atomic mass is 10.2. The van der Waals surface area contributed by atoms with Gasteiger partial charge in [-0.2, -0.15) is 5.26 Å². The molecule has 2 aromatic carbocycles. The lowest BCUT2D eigenvalue weighted by Crippen LogP contribution is -1.98. The molecule has 2 rings (SSSR count). The van der Waals surface area contributed by atoms with E-state index in [2.05, 4.69) is 37.9 Å². The summed E-state index contributed by atoms with van der Waals surface area (Å²) < 4.78 is 7.35. The molecule has 0 unspecified atom stereocenters. The maximum absolute atomic E-state index is 8.73. The van der Waals surface area contributed by atoms with E-state index in [1.54, 1.807) is 24.3 Å². The van der Waals surface area contributed by atoms with Crippen LogP contribution >= 0.6 is 31.9 Å². The number of halogens is 2. The Morgan fingerprint density at radius 1 is 1.11 bits per heavy atom. The van der Waals surface area contributed by atoms with Crippen molar-refractivity contribution in [3.05, 3.63) is 56.5 Å². The number of anilines is 1. The molecule has 0 spiro atoms. The molecule has 0 bridgehead atoms. The van der Waals surface area contributed by atoms with Gasteiger partial charge in [0.2, 0.25) is 0 Å². The van der Waals surface area contributed by atoms with Crippen molar-refractivity contribution in [2.45, 2.75) is 6.61 Å². The van der Waals surface area contributed by atoms with E-state index in [4.69, 9.17) is 15.7 Å². The Balaban J connectivity index is 2.12. The second kappa shape index (κ2) is 6.09. The Kier molecular flexibility index (Phi) is 4.46. The number of benzene rings is 2. The molecule has 0 aliphatic heterocycles. The molecule has 0 aliphatic rings. The van der Waals surface area contributed by atoms with Gasteiger partial charge < -0.3 is 10.5 Å². The Labute approximate surface area is 128 Å². The van der Waals surface area contributed by atoms with Gasteiger partial charge in [0.25, 0.3) is 0 Å². The summed E-state index contributed by atoms with van der Waals surface area (Å²) in [6.07, 6.45) is 0. The zero-order valence-corrected chi connectivity index (χ0v) is 13.0. The Morgan fingerprint density at radius 2 is 1.68 bits per heavy atom. The fraction of sp³-hybridized carbons (Fsp3) is 0.0714. The number of nitrogens with zero attached hydrogens (tertiary/aromatic N) is 1. The molecule has 0 radical (unpaired) electrons. The van der Waals surface area contributed by atoms with Crippen LogP contribution in [0, 0.1) is 11.3 Å². The van der Waals surface area contributed by atoms with Crippen molar-refractivity contribution in [3.8, 4) is 11.8 Å². The van der Waals surface area contributed by atoms with Gasteiger partial charge in [-0.05, 0) is 61.7 Å². The number of nitrogen functional groups attached to an aromatic ring is 1. The molecule has 0 heterocycles. The van der Waals surface area contributed by atoms with Crippen LogP contribution in [0.2, 0.25) is 0 Å². The van der Waals surface area contributed by atoms with Gasteiger partial charge in [0, 0.05) is 5.69 Å². The lowest BCUT2D eigenvalue weighted by molar-refractivity contribution is 0.302. The van der Waals surface area contributed by atoms with Gasteiger partial charge >= 0.3 is 0 Å². The van der Waals surface area contributed by atoms with Crippen molar-refractivity contribution in [1.82, 2.24) is 0 Å². The normalized spacial score (nSPS) is 9.95. The highest BCUT2D eigenvalue weighted by atomic mass is 79.9. The van der Waals surface area contributed by atoms with E-state index in [0.29, 0.717) is 23.6 Å². The average molecular weight is 382 g/mol. The van der Waals surface area contributed by atoms with Crippen LogP contribution in [-0.2, 0) is 6.61 Å². The van der Waals surface area contributed by atoms with E-state index in [-0.39, 0.29) is 0 Å². The smallest absolute Gasteiger partial charge is 0.148 e. The number of ether oxygens (including phenoxy) is 1. The van der Waals surface area contributed by atoms with Crippen LogP contribution in [0.3, 0.4) is 0 Å². The summed E-state index contributed by atoms with van der Waals surface area (Å²) in [5, 5.41) is 8.73. The van der Waals surface area contributed by atoms with Gasteiger partial charge in [-0.1, -0.05) is 12.1 Å². The quantitative estimate of drug-likeness (QED) is 0.808. The van der Waals surface area contributed by atoms with E-state index >= 15 is 0 Å². The van der Waals surface area contributed by atoms with E-state index in [0.717, 1.165) is 14.5 Å². The molecule has 96 valence electrons. The van der Waals surface area contributed by atoms with E-state index in [1.807, 2.05) is 12.1 Å². The zero-order valence-electron chi connectivity index (χ0n) is 9.86. The lowest BCUT2D eigenvalue weighted by Gasteiger charge is -2.11. The van der Waals surface area contributed by atoms with Crippen LogP contribution in [0.5, 0.6) is 5.75 Å². The zero-order chi connectivity index (χ0) is 13.8. The topological polar surface area (TPSA) is 59.0 Å². The molecular formula is C14H10Br2N2O. The number of hydrogen-bond acceptors (Lipinski definition) is 3. The minimum absolute atomic E-state index is 0.423. The molecule has 2 aromatic rings. The highest BCUT2D eigenvalue weighted by molar-refractivity contribution is 9.11. The third-order valence-electron chi connectivity index (χ3n) is 2.49. The minimum Gasteiger partial charge on any atom is -0.487 e. The summed E-state index contributed by atoms with van der Waals surface area (Å²) in [6.45, 7) is 0.423. The maximum Gasteiger partial charge on any atom is 0.148 e. The van der Waals surface area contributed by atoms with Gasteiger partial charge in [-0.3, -0.25) is 0 Å². The van der Waals surface area contributed by atoms with Crippen molar-refractivity contribution >= 4 is 37.5 Å². The highest BCUT2D eigenvalue weighted by Crippen LogP contribution is 2.36. The van der Waals surface area contributed by atoms with Crippen molar-refractivity contribution in [3.63, 3.8) is 0 Å². The molecule has 0 aromatic heterocycles. The molecule has 0 atom stereocenters. The van der Waals surface area contributed by atoms with Crippen molar-refractivity contribution in [2.24, 2.45) is 0 Å². The number of nitrogens with two attached hydrogens (primary N) is 1. The van der Waals surface area contributed by atoms with Gasteiger partial charge in [-0.15, -0.1) is 0 Å². The summed E-state index contributed by atoms with van der Waals surface area (Å²) >= 11 is 6.83. The molecular weight excluding hydrogens is 372 g/mol. The molecule has 5 heteroatoms. The molecule has 2 N–H and O–H groups in total. The number of rotatable bonds is 3. The maximum atomic E-state index is 8.73. The van der Waals surface area contributed by atoms with Gasteiger partial charge in [0.1, 0.15) is 12.4 Å². The summed E-state index contributed by atoms with van der Waals surface area (Å²) in [4.78, 5) is 0. The van der Waals surface area contributed by atoms with Crippen LogP contribution in [0.25, 0.3) is 0 Å². The van der Waals surface area contributed by atoms with E-state index in [1.165, 1.54) is 0 Å². The predicted octanol–water partition coefficient (Wildman–Crippen LogP) is 4.24. The molecule has 0 aliphatic carbocycles. The summed E-state index contributed by atoms with van der Waals surface area (Å²) in [7, 11) is 0. The van der Waals surface area contributed by atoms with Gasteiger partial charge in [-0.25, -0.2) is 0 Å². The summed E-state index contributed by atoms with van der Waals surface area (Å²) in [6, 6.07) is 12.9. The fourth-order valence-electron chi connectivity index (χ4n) is 1.55. The number of hydrogen-bond donors (Lipinski definition) is 1. The van der Waals surface area contributed by atoms with E-state index < -0.39 is 0 Å². The molecule has 0 saturated heterocycles. The van der Waals surface area contributed by atoms with Crippen molar-refractivity contribution < 1.29 is 4.74 Å². The molecule has 0 amide bonds. The van der Waals surface area contributed by atoms with Crippen molar-refractivity contribution in [2.75, 3.05) is 5.73 Å². The predicted molar refractivity (Wildman–Crippen MR) is 81.7 cm³/mol. The van der Waals surface area contributed by atoms with Crippen LogP contribution in [0.1, 0.15) is 11.1 Å². The second-order valence-electron chi connectivity index (χ2n) is 3.91. The molecule has 0 saturated carbocycles. The van der Waals surface area contributed by atoms with Gasteiger partial charge in [0.15, 0.2) is 0 Å². The first-order valence-electron chi connectivity index (χ1n) is 5.46. The molecule has 19 heavy (non-hydrogen) atoms. The first-order chi connectivity index (χ1) is 9.10. The Bertz CT molecular complexity index is 610. The van der Waals surface area contributed by atoms with Crippen LogP contribution in [0.4, 0.5) is 5.69 Å². The summed E-state index contributed by atoms with van der Waals surface area (Å²) in [5.74, 6) is 0.707. The Morgan fingerprint density at radius 3 is 2.21 bits per heavy atom. The fourth-order valence-corrected chi connectivity index (χ4v) is 3.00. The number of nitriles is 1. The third kappa shape index (κ3) is 3.49. The van der Waals surface area contributed by atoms with Crippen LogP contribution in [-0.4, -0.2) is 0 Å². The first kappa shape index (κ1) is 13.9. The average Bonchev–Trinajstić information content (AvgIpc) is 2.38. The largest absolute Gasteiger partial charge is 0.487 e. The second-order valence-corrected chi connectivity index (χ2v) is 5.62.